The zero-order chi connectivity index (χ0) is 19.2. The fraction of sp³-hybridized carbons (Fsp3) is 0.211. The van der Waals surface area contributed by atoms with Crippen LogP contribution in [0.5, 0.6) is 5.75 Å². The summed E-state index contributed by atoms with van der Waals surface area (Å²) in [5, 5.41) is 0.438. The number of fused-ring (bicyclic) bond motifs is 3. The van der Waals surface area contributed by atoms with Gasteiger partial charge >= 0.3 is 16.3 Å². The molecule has 0 spiro atoms. The summed E-state index contributed by atoms with van der Waals surface area (Å²) in [6.45, 7) is 1.91. The summed E-state index contributed by atoms with van der Waals surface area (Å²) in [7, 11) is -4.15. The van der Waals surface area contributed by atoms with Gasteiger partial charge in [-0.3, -0.25) is 4.79 Å². The molecule has 0 fully saturated rings. The van der Waals surface area contributed by atoms with Gasteiger partial charge in [0.25, 0.3) is 0 Å². The molecule has 0 N–H and O–H groups in total. The van der Waals surface area contributed by atoms with Crippen LogP contribution < -0.4 is 4.18 Å². The molecule has 0 amide bonds. The molecule has 2 aliphatic heterocycles. The third kappa shape index (κ3) is 2.96. The van der Waals surface area contributed by atoms with Crippen LogP contribution in [0, 0.1) is 5.92 Å². The highest BCUT2D eigenvalue weighted by atomic mass is 35.5. The molecule has 2 aromatic rings. The maximum Gasteiger partial charge on any atom is 0.410 e. The van der Waals surface area contributed by atoms with Gasteiger partial charge in [0, 0.05) is 10.6 Å². The van der Waals surface area contributed by atoms with Crippen LogP contribution in [-0.2, 0) is 19.8 Å². The topological polar surface area (TPSA) is 72.9 Å². The Kier molecular flexibility index (Phi) is 4.36. The predicted molar refractivity (Wildman–Crippen MR) is 100 cm³/mol. The fourth-order valence-corrected chi connectivity index (χ4v) is 5.01. The van der Waals surface area contributed by atoms with Gasteiger partial charge in [0.15, 0.2) is 5.75 Å². The van der Waals surface area contributed by atoms with Gasteiger partial charge in [-0.15, -0.1) is 0 Å². The fourth-order valence-electron chi connectivity index (χ4n) is 3.46. The molecule has 2 aromatic carbocycles. The first kappa shape index (κ1) is 17.9. The van der Waals surface area contributed by atoms with Crippen molar-refractivity contribution in [1.82, 2.24) is 4.31 Å². The second kappa shape index (κ2) is 6.58. The van der Waals surface area contributed by atoms with Crippen molar-refractivity contribution in [2.24, 2.45) is 5.92 Å². The Bertz CT molecular complexity index is 1040. The van der Waals surface area contributed by atoms with E-state index in [1.54, 1.807) is 49.4 Å². The van der Waals surface area contributed by atoms with Gasteiger partial charge in [0.1, 0.15) is 5.92 Å². The van der Waals surface area contributed by atoms with Crippen LogP contribution in [0.25, 0.3) is 5.70 Å². The molecule has 0 aromatic heterocycles. The van der Waals surface area contributed by atoms with Crippen molar-refractivity contribution in [2.45, 2.75) is 13.0 Å². The summed E-state index contributed by atoms with van der Waals surface area (Å²) < 4.78 is 37.4. The highest BCUT2D eigenvalue weighted by Gasteiger charge is 2.50. The third-order valence-electron chi connectivity index (χ3n) is 4.52. The van der Waals surface area contributed by atoms with Gasteiger partial charge in [0.05, 0.1) is 18.3 Å². The van der Waals surface area contributed by atoms with Crippen LogP contribution in [0.15, 0.2) is 54.6 Å². The first-order valence-corrected chi connectivity index (χ1v) is 10.1. The number of carbonyl (C=O) groups is 1. The number of halogens is 1. The highest BCUT2D eigenvalue weighted by molar-refractivity contribution is 7.85. The second-order valence-electron chi connectivity index (χ2n) is 6.16. The minimum atomic E-state index is -4.15. The van der Waals surface area contributed by atoms with E-state index in [4.69, 9.17) is 20.5 Å². The molecule has 140 valence electrons. The maximum absolute atomic E-state index is 12.9. The Morgan fingerprint density at radius 1 is 1.22 bits per heavy atom. The number of carbonyl (C=O) groups excluding carboxylic acids is 1. The number of esters is 1. The number of benzene rings is 2. The predicted octanol–water partition coefficient (Wildman–Crippen LogP) is 3.55. The van der Waals surface area contributed by atoms with Crippen molar-refractivity contribution < 1.29 is 22.1 Å². The molecule has 0 saturated heterocycles. The molecule has 0 radical (unpaired) electrons. The Morgan fingerprint density at radius 3 is 2.67 bits per heavy atom. The molecular weight excluding hydrogens is 390 g/mol. The van der Waals surface area contributed by atoms with E-state index in [2.05, 4.69) is 0 Å². The molecule has 4 rings (SSSR count). The smallest absolute Gasteiger partial charge is 0.410 e. The number of hydrogen-bond donors (Lipinski definition) is 0. The Morgan fingerprint density at radius 2 is 1.96 bits per heavy atom. The van der Waals surface area contributed by atoms with E-state index >= 15 is 0 Å². The van der Waals surface area contributed by atoms with Crippen molar-refractivity contribution in [3.8, 4) is 5.75 Å². The second-order valence-corrected chi connectivity index (χ2v) is 8.01. The summed E-state index contributed by atoms with van der Waals surface area (Å²) in [6.07, 6.45) is 1.62. The molecule has 0 aliphatic carbocycles. The molecule has 27 heavy (non-hydrogen) atoms. The van der Waals surface area contributed by atoms with E-state index < -0.39 is 28.2 Å². The molecular formula is C19H16ClNO5S. The van der Waals surface area contributed by atoms with Crippen LogP contribution in [-0.4, -0.2) is 25.3 Å². The van der Waals surface area contributed by atoms with Crippen LogP contribution in [0.3, 0.4) is 0 Å². The van der Waals surface area contributed by atoms with E-state index in [0.29, 0.717) is 21.8 Å². The van der Waals surface area contributed by atoms with Crippen molar-refractivity contribution >= 4 is 33.6 Å². The Labute approximate surface area is 162 Å². The minimum Gasteiger partial charge on any atom is -0.465 e. The molecule has 2 atom stereocenters. The molecule has 2 heterocycles. The first-order chi connectivity index (χ1) is 12.9. The maximum atomic E-state index is 12.9. The van der Waals surface area contributed by atoms with Crippen LogP contribution in [0.1, 0.15) is 24.1 Å². The zero-order valence-corrected chi connectivity index (χ0v) is 15.9. The van der Waals surface area contributed by atoms with E-state index in [-0.39, 0.29) is 12.4 Å². The lowest BCUT2D eigenvalue weighted by Crippen LogP contribution is -2.39. The number of nitrogens with zero attached hydrogens (tertiary/aromatic N) is 1. The largest absolute Gasteiger partial charge is 0.465 e. The Hall–Kier alpha value is -2.51. The summed E-state index contributed by atoms with van der Waals surface area (Å²) in [5.74, 6) is -1.11. The number of ether oxygens (including phenoxy) is 1. The molecule has 0 saturated carbocycles. The van der Waals surface area contributed by atoms with E-state index in [0.717, 1.165) is 4.31 Å². The van der Waals surface area contributed by atoms with Crippen molar-refractivity contribution in [3.05, 3.63) is 70.8 Å². The quantitative estimate of drug-likeness (QED) is 0.730. The summed E-state index contributed by atoms with van der Waals surface area (Å²) in [6, 6.07) is 12.8. The SMILES string of the molecule is CCOC(=O)[C@@H]1C=C2c3cc(Cl)ccc3OS(=O)(=O)N2[C@H]1c1ccccc1. The Balaban J connectivity index is 1.92. The molecule has 8 heteroatoms. The average Bonchev–Trinajstić information content (AvgIpc) is 3.05. The standard InChI is InChI=1S/C19H16ClNO5S/c1-2-25-19(22)15-11-16-14-10-13(20)8-9-17(14)26-27(23,24)21(16)18(15)12-6-4-3-5-7-12/h3-11,15,18H,2H2,1H3/t15-,18+/m1/s1. The highest BCUT2D eigenvalue weighted by Crippen LogP contribution is 2.50. The van der Waals surface area contributed by atoms with Crippen molar-refractivity contribution in [2.75, 3.05) is 6.61 Å². The van der Waals surface area contributed by atoms with Gasteiger partial charge < -0.3 is 8.92 Å². The molecule has 0 bridgehead atoms. The van der Waals surface area contributed by atoms with Crippen LogP contribution in [0.4, 0.5) is 0 Å². The van der Waals surface area contributed by atoms with E-state index in [1.165, 1.54) is 6.07 Å². The zero-order valence-electron chi connectivity index (χ0n) is 14.3. The lowest BCUT2D eigenvalue weighted by molar-refractivity contribution is -0.147. The molecule has 6 nitrogen and oxygen atoms in total. The molecule has 0 unspecified atom stereocenters. The van der Waals surface area contributed by atoms with Crippen molar-refractivity contribution in [1.29, 1.82) is 0 Å². The third-order valence-corrected chi connectivity index (χ3v) is 6.05. The van der Waals surface area contributed by atoms with Gasteiger partial charge in [0.2, 0.25) is 0 Å². The van der Waals surface area contributed by atoms with E-state index in [1.807, 2.05) is 6.07 Å². The first-order valence-electron chi connectivity index (χ1n) is 8.39. The van der Waals surface area contributed by atoms with Crippen LogP contribution in [0.2, 0.25) is 5.02 Å². The monoisotopic (exact) mass is 405 g/mol. The van der Waals surface area contributed by atoms with Gasteiger partial charge in [-0.05, 0) is 36.8 Å². The van der Waals surface area contributed by atoms with Gasteiger partial charge in [-0.25, -0.2) is 4.31 Å². The van der Waals surface area contributed by atoms with Crippen LogP contribution >= 0.6 is 11.6 Å². The minimum absolute atomic E-state index is 0.179. The van der Waals surface area contributed by atoms with Gasteiger partial charge in [-0.2, -0.15) is 8.42 Å². The van der Waals surface area contributed by atoms with E-state index in [9.17, 15) is 13.2 Å². The van der Waals surface area contributed by atoms with Gasteiger partial charge in [-0.1, -0.05) is 41.9 Å². The lowest BCUT2D eigenvalue weighted by Gasteiger charge is -2.34. The number of rotatable bonds is 3. The lowest BCUT2D eigenvalue weighted by atomic mass is 9.95. The number of hydrogen-bond acceptors (Lipinski definition) is 5. The summed E-state index contributed by atoms with van der Waals surface area (Å²) >= 11 is 6.10. The van der Waals surface area contributed by atoms with Crippen molar-refractivity contribution in [3.63, 3.8) is 0 Å². The summed E-state index contributed by atoms with van der Waals surface area (Å²) in [4.78, 5) is 12.6. The average molecular weight is 406 g/mol. The molecule has 2 aliphatic rings. The normalized spacial score (nSPS) is 22.3. The summed E-state index contributed by atoms with van der Waals surface area (Å²) in [5.41, 5.74) is 1.55.